The number of primary amides is 1. The summed E-state index contributed by atoms with van der Waals surface area (Å²) in [5.74, 6) is -0.567. The Morgan fingerprint density at radius 2 is 1.89 bits per heavy atom. The van der Waals surface area contributed by atoms with Crippen LogP contribution < -0.4 is 16.2 Å². The van der Waals surface area contributed by atoms with Crippen LogP contribution in [0.15, 0.2) is 29.2 Å². The lowest BCUT2D eigenvalue weighted by atomic mass is 9.93. The van der Waals surface area contributed by atoms with Gasteiger partial charge in [0.15, 0.2) is 0 Å². The van der Waals surface area contributed by atoms with Crippen molar-refractivity contribution in [1.82, 2.24) is 4.72 Å². The lowest BCUT2D eigenvalue weighted by Gasteiger charge is -2.21. The van der Waals surface area contributed by atoms with Crippen LogP contribution in [-0.4, -0.2) is 20.9 Å². The number of hydrogen-bond acceptors (Lipinski definition) is 4. The molecule has 0 aliphatic heterocycles. The lowest BCUT2D eigenvalue weighted by molar-refractivity contribution is -0.125. The van der Waals surface area contributed by atoms with Gasteiger partial charge in [-0.05, 0) is 25.5 Å². The second-order valence-corrected chi connectivity index (χ2v) is 6.62. The highest BCUT2D eigenvalue weighted by Crippen LogP contribution is 2.17. The number of carbonyl (C=O) groups is 1. The molecule has 106 valence electrons. The SMILES string of the molecule is CC(C)(CNS(=O)(=O)c1ccccc1CN)C(N)=O. The molecule has 0 unspecified atom stereocenters. The van der Waals surface area contributed by atoms with Crippen LogP contribution in [0, 0.1) is 5.41 Å². The van der Waals surface area contributed by atoms with Gasteiger partial charge < -0.3 is 11.5 Å². The quantitative estimate of drug-likeness (QED) is 0.678. The molecule has 0 aliphatic carbocycles. The first-order valence-electron chi connectivity index (χ1n) is 5.78. The molecular formula is C12H19N3O3S. The van der Waals surface area contributed by atoms with Gasteiger partial charge in [-0.2, -0.15) is 0 Å². The van der Waals surface area contributed by atoms with Gasteiger partial charge in [-0.3, -0.25) is 4.79 Å². The summed E-state index contributed by atoms with van der Waals surface area (Å²) < 4.78 is 26.7. The molecule has 0 saturated carbocycles. The third kappa shape index (κ3) is 3.76. The number of carbonyl (C=O) groups excluding carboxylic acids is 1. The Bertz CT molecular complexity index is 567. The Balaban J connectivity index is 2.97. The molecule has 0 saturated heterocycles. The Morgan fingerprint density at radius 3 is 2.42 bits per heavy atom. The van der Waals surface area contributed by atoms with Gasteiger partial charge in [0.2, 0.25) is 15.9 Å². The van der Waals surface area contributed by atoms with Crippen LogP contribution in [0.2, 0.25) is 0 Å². The van der Waals surface area contributed by atoms with Crippen molar-refractivity contribution in [2.75, 3.05) is 6.54 Å². The van der Waals surface area contributed by atoms with E-state index in [1.54, 1.807) is 32.0 Å². The molecule has 5 N–H and O–H groups in total. The topological polar surface area (TPSA) is 115 Å². The summed E-state index contributed by atoms with van der Waals surface area (Å²) in [5, 5.41) is 0. The third-order valence-electron chi connectivity index (χ3n) is 2.85. The van der Waals surface area contributed by atoms with Gasteiger partial charge in [0.25, 0.3) is 0 Å². The highest BCUT2D eigenvalue weighted by molar-refractivity contribution is 7.89. The summed E-state index contributed by atoms with van der Waals surface area (Å²) in [7, 11) is -3.71. The first kappa shape index (κ1) is 15.6. The second-order valence-electron chi connectivity index (χ2n) is 4.88. The average Bonchev–Trinajstić information content (AvgIpc) is 2.36. The summed E-state index contributed by atoms with van der Waals surface area (Å²) in [6.07, 6.45) is 0. The zero-order valence-corrected chi connectivity index (χ0v) is 11.8. The molecule has 0 heterocycles. The largest absolute Gasteiger partial charge is 0.369 e. The van der Waals surface area contributed by atoms with Crippen LogP contribution in [0.4, 0.5) is 0 Å². The number of rotatable bonds is 6. The van der Waals surface area contributed by atoms with E-state index in [4.69, 9.17) is 11.5 Å². The van der Waals surface area contributed by atoms with E-state index in [9.17, 15) is 13.2 Å². The van der Waals surface area contributed by atoms with Crippen molar-refractivity contribution in [2.45, 2.75) is 25.3 Å². The molecule has 0 atom stereocenters. The number of nitrogens with two attached hydrogens (primary N) is 2. The standard InChI is InChI=1S/C12H19N3O3S/c1-12(2,11(14)16)8-15-19(17,18)10-6-4-3-5-9(10)7-13/h3-6,15H,7-8,13H2,1-2H3,(H2,14,16). The average molecular weight is 285 g/mol. The molecule has 6 nitrogen and oxygen atoms in total. The minimum Gasteiger partial charge on any atom is -0.369 e. The smallest absolute Gasteiger partial charge is 0.240 e. The lowest BCUT2D eigenvalue weighted by Crippen LogP contribution is -2.42. The van der Waals surface area contributed by atoms with Gasteiger partial charge in [-0.25, -0.2) is 13.1 Å². The van der Waals surface area contributed by atoms with Crippen LogP contribution in [0.5, 0.6) is 0 Å². The highest BCUT2D eigenvalue weighted by atomic mass is 32.2. The summed E-state index contributed by atoms with van der Waals surface area (Å²) in [4.78, 5) is 11.3. The van der Waals surface area contributed by atoms with Crippen molar-refractivity contribution in [3.8, 4) is 0 Å². The molecule has 19 heavy (non-hydrogen) atoms. The molecule has 0 aromatic heterocycles. The van der Waals surface area contributed by atoms with Gasteiger partial charge in [-0.1, -0.05) is 18.2 Å². The van der Waals surface area contributed by atoms with Gasteiger partial charge in [-0.15, -0.1) is 0 Å². The summed E-state index contributed by atoms with van der Waals surface area (Å²) in [5.41, 5.74) is 10.3. The van der Waals surface area contributed by atoms with E-state index in [1.165, 1.54) is 6.07 Å². The maximum absolute atomic E-state index is 12.2. The summed E-state index contributed by atoms with van der Waals surface area (Å²) >= 11 is 0. The van der Waals surface area contributed by atoms with Gasteiger partial charge in [0.05, 0.1) is 10.3 Å². The normalized spacial score (nSPS) is 12.4. The van der Waals surface area contributed by atoms with Gasteiger partial charge in [0, 0.05) is 13.1 Å². The fraction of sp³-hybridized carbons (Fsp3) is 0.417. The van der Waals surface area contributed by atoms with Crippen LogP contribution in [-0.2, 0) is 21.4 Å². The minimum absolute atomic E-state index is 0.0659. The predicted molar refractivity (Wildman–Crippen MR) is 72.5 cm³/mol. The van der Waals surface area contributed by atoms with Gasteiger partial charge >= 0.3 is 0 Å². The molecule has 1 aromatic rings. The van der Waals surface area contributed by atoms with Crippen molar-refractivity contribution in [3.63, 3.8) is 0 Å². The van der Waals surface area contributed by atoms with Crippen LogP contribution >= 0.6 is 0 Å². The van der Waals surface area contributed by atoms with Gasteiger partial charge in [0.1, 0.15) is 0 Å². The molecule has 0 fully saturated rings. The van der Waals surface area contributed by atoms with E-state index < -0.39 is 21.3 Å². The molecule has 0 radical (unpaired) electrons. The fourth-order valence-electron chi connectivity index (χ4n) is 1.37. The minimum atomic E-state index is -3.71. The summed E-state index contributed by atoms with van der Waals surface area (Å²) in [6, 6.07) is 6.46. The number of hydrogen-bond donors (Lipinski definition) is 3. The van der Waals surface area contributed by atoms with E-state index >= 15 is 0 Å². The predicted octanol–water partition coefficient (Wildman–Crippen LogP) is -0.0649. The zero-order chi connectivity index (χ0) is 14.7. The van der Waals surface area contributed by atoms with Crippen molar-refractivity contribution < 1.29 is 13.2 Å². The van der Waals surface area contributed by atoms with Crippen molar-refractivity contribution >= 4 is 15.9 Å². The highest BCUT2D eigenvalue weighted by Gasteiger charge is 2.28. The molecule has 1 amide bonds. The van der Waals surface area contributed by atoms with Crippen molar-refractivity contribution in [3.05, 3.63) is 29.8 Å². The van der Waals surface area contributed by atoms with E-state index in [0.29, 0.717) is 5.56 Å². The second kappa shape index (κ2) is 5.68. The van der Waals surface area contributed by atoms with E-state index in [-0.39, 0.29) is 18.0 Å². The molecule has 7 heteroatoms. The number of nitrogens with one attached hydrogen (secondary N) is 1. The maximum atomic E-state index is 12.2. The van der Waals surface area contributed by atoms with Crippen molar-refractivity contribution in [2.24, 2.45) is 16.9 Å². The molecular weight excluding hydrogens is 266 g/mol. The fourth-order valence-corrected chi connectivity index (χ4v) is 2.84. The molecule has 0 bridgehead atoms. The summed E-state index contributed by atoms with van der Waals surface area (Å²) in [6.45, 7) is 3.21. The molecule has 0 spiro atoms. The Labute approximate surface area is 113 Å². The first-order chi connectivity index (χ1) is 8.70. The van der Waals surface area contributed by atoms with E-state index in [0.717, 1.165) is 0 Å². The third-order valence-corrected chi connectivity index (χ3v) is 4.35. The Hall–Kier alpha value is -1.44. The van der Waals surface area contributed by atoms with Crippen LogP contribution in [0.3, 0.4) is 0 Å². The molecule has 0 aliphatic rings. The first-order valence-corrected chi connectivity index (χ1v) is 7.26. The van der Waals surface area contributed by atoms with Crippen molar-refractivity contribution in [1.29, 1.82) is 0 Å². The molecule has 1 rings (SSSR count). The number of benzene rings is 1. The number of sulfonamides is 1. The van der Waals surface area contributed by atoms with Crippen LogP contribution in [0.25, 0.3) is 0 Å². The van der Waals surface area contributed by atoms with E-state index in [2.05, 4.69) is 4.72 Å². The van der Waals surface area contributed by atoms with E-state index in [1.807, 2.05) is 0 Å². The van der Waals surface area contributed by atoms with Crippen LogP contribution in [0.1, 0.15) is 19.4 Å². The number of amides is 1. The maximum Gasteiger partial charge on any atom is 0.240 e. The Kier molecular flexibility index (Phi) is 4.67. The Morgan fingerprint density at radius 1 is 1.32 bits per heavy atom. The zero-order valence-electron chi connectivity index (χ0n) is 11.0. The monoisotopic (exact) mass is 285 g/mol. The molecule has 1 aromatic carbocycles.